The number of benzene rings is 1. The van der Waals surface area contributed by atoms with E-state index in [0.717, 1.165) is 17.2 Å². The van der Waals surface area contributed by atoms with Crippen molar-refractivity contribution in [1.82, 2.24) is 0 Å². The van der Waals surface area contributed by atoms with Gasteiger partial charge in [0.2, 0.25) is 0 Å². The number of aryl methyl sites for hydroxylation is 1. The Balaban J connectivity index is 2.64. The molecule has 0 aliphatic rings. The first-order valence-electron chi connectivity index (χ1n) is 5.39. The summed E-state index contributed by atoms with van der Waals surface area (Å²) in [5.74, 6) is 1.63. The van der Waals surface area contributed by atoms with E-state index in [1.165, 1.54) is 6.08 Å². The summed E-state index contributed by atoms with van der Waals surface area (Å²) < 4.78 is 36.8. The second kappa shape index (κ2) is 6.11. The van der Waals surface area contributed by atoms with Gasteiger partial charge in [-0.15, -0.1) is 6.42 Å². The van der Waals surface area contributed by atoms with Crippen LogP contribution < -0.4 is 0 Å². The maximum absolute atomic E-state index is 12.3. The minimum atomic E-state index is -4.46. The molecule has 1 aromatic carbocycles. The first kappa shape index (κ1) is 14.1. The highest BCUT2D eigenvalue weighted by Crippen LogP contribution is 2.24. The van der Waals surface area contributed by atoms with Crippen molar-refractivity contribution in [2.75, 3.05) is 0 Å². The van der Waals surface area contributed by atoms with Gasteiger partial charge in [-0.2, -0.15) is 13.2 Å². The van der Waals surface area contributed by atoms with E-state index < -0.39 is 11.7 Å². The van der Waals surface area contributed by atoms with Crippen molar-refractivity contribution in [2.45, 2.75) is 19.5 Å². The summed E-state index contributed by atoms with van der Waals surface area (Å²) in [5, 5.41) is 0. The number of terminal acetylenes is 1. The second-order valence-corrected chi connectivity index (χ2v) is 3.84. The van der Waals surface area contributed by atoms with E-state index in [9.17, 15) is 13.2 Å². The number of hydrogen-bond acceptors (Lipinski definition) is 0. The first-order valence-corrected chi connectivity index (χ1v) is 5.39. The van der Waals surface area contributed by atoms with Crippen LogP contribution in [0.15, 0.2) is 48.1 Å². The van der Waals surface area contributed by atoms with Crippen LogP contribution in [0.25, 0.3) is 0 Å². The average Bonchev–Trinajstić information content (AvgIpc) is 2.30. The number of allylic oxidation sites excluding steroid dienone is 4. The van der Waals surface area contributed by atoms with Gasteiger partial charge in [0, 0.05) is 0 Å². The smallest absolute Gasteiger partial charge is 0.165 e. The number of hydrogen-bond donors (Lipinski definition) is 0. The summed E-state index contributed by atoms with van der Waals surface area (Å²) >= 11 is 0. The molecule has 18 heavy (non-hydrogen) atoms. The molecule has 3 heteroatoms. The van der Waals surface area contributed by atoms with E-state index >= 15 is 0 Å². The van der Waals surface area contributed by atoms with E-state index in [1.54, 1.807) is 12.0 Å². The lowest BCUT2D eigenvalue weighted by molar-refractivity contribution is -0.0871. The van der Waals surface area contributed by atoms with Gasteiger partial charge in [0.25, 0.3) is 0 Å². The molecule has 0 saturated heterocycles. The lowest BCUT2D eigenvalue weighted by atomic mass is 10.1. The molecule has 94 valence electrons. The van der Waals surface area contributed by atoms with E-state index in [4.69, 9.17) is 6.42 Å². The molecule has 0 aliphatic carbocycles. The SMILES string of the molecule is C#C/C(=C\C=C/Cc1ccc(C)cc1)C(F)(F)F. The van der Waals surface area contributed by atoms with Crippen LogP contribution in [-0.2, 0) is 6.42 Å². The largest absolute Gasteiger partial charge is 0.424 e. The standard InChI is InChI=1S/C15H13F3/c1-3-14(15(16,17)18)7-5-4-6-13-10-8-12(2)9-11-13/h1,4-5,7-11H,6H2,2H3/b5-4-,14-7+. The first-order chi connectivity index (χ1) is 8.43. The van der Waals surface area contributed by atoms with Gasteiger partial charge in [0.1, 0.15) is 5.57 Å². The van der Waals surface area contributed by atoms with Gasteiger partial charge in [-0.1, -0.05) is 47.9 Å². The number of alkyl halides is 3. The predicted octanol–water partition coefficient (Wildman–Crippen LogP) is 4.22. The van der Waals surface area contributed by atoms with Crippen LogP contribution in [0.4, 0.5) is 13.2 Å². The van der Waals surface area contributed by atoms with E-state index in [0.29, 0.717) is 6.42 Å². The van der Waals surface area contributed by atoms with Crippen molar-refractivity contribution in [1.29, 1.82) is 0 Å². The molecule has 0 amide bonds. The summed E-state index contributed by atoms with van der Waals surface area (Å²) in [6, 6.07) is 7.80. The summed E-state index contributed by atoms with van der Waals surface area (Å²) in [5.41, 5.74) is 1.22. The Hall–Kier alpha value is -1.95. The third-order valence-corrected chi connectivity index (χ3v) is 2.33. The third kappa shape index (κ3) is 4.50. The molecule has 0 heterocycles. The zero-order valence-corrected chi connectivity index (χ0v) is 9.96. The van der Waals surface area contributed by atoms with E-state index in [2.05, 4.69) is 0 Å². The van der Waals surface area contributed by atoms with Crippen LogP contribution in [0.3, 0.4) is 0 Å². The maximum atomic E-state index is 12.3. The summed E-state index contributed by atoms with van der Waals surface area (Å²) in [7, 11) is 0. The van der Waals surface area contributed by atoms with Gasteiger partial charge in [0.05, 0.1) is 0 Å². The lowest BCUT2D eigenvalue weighted by Gasteiger charge is -2.03. The van der Waals surface area contributed by atoms with Crippen LogP contribution in [0.1, 0.15) is 11.1 Å². The molecule has 0 atom stereocenters. The molecule has 0 aromatic heterocycles. The Kier molecular flexibility index (Phi) is 4.79. The topological polar surface area (TPSA) is 0 Å². The molecule has 0 aliphatic heterocycles. The van der Waals surface area contributed by atoms with Crippen LogP contribution in [0, 0.1) is 19.3 Å². The van der Waals surface area contributed by atoms with Crippen molar-refractivity contribution in [3.63, 3.8) is 0 Å². The van der Waals surface area contributed by atoms with Crippen molar-refractivity contribution >= 4 is 0 Å². The van der Waals surface area contributed by atoms with Gasteiger partial charge >= 0.3 is 6.18 Å². The van der Waals surface area contributed by atoms with Gasteiger partial charge in [0.15, 0.2) is 0 Å². The molecule has 0 N–H and O–H groups in total. The normalized spacial score (nSPS) is 12.7. The number of rotatable bonds is 3. The van der Waals surface area contributed by atoms with Crippen molar-refractivity contribution < 1.29 is 13.2 Å². The Labute approximate surface area is 105 Å². The summed E-state index contributed by atoms with van der Waals surface area (Å²) in [4.78, 5) is 0. The Morgan fingerprint density at radius 1 is 1.28 bits per heavy atom. The number of halogens is 3. The minimum absolute atomic E-state index is 0.576. The summed E-state index contributed by atoms with van der Waals surface area (Å²) in [6.07, 6.45) is 4.81. The predicted molar refractivity (Wildman–Crippen MR) is 67.0 cm³/mol. The average molecular weight is 250 g/mol. The molecule has 1 rings (SSSR count). The highest BCUT2D eigenvalue weighted by atomic mass is 19.4. The highest BCUT2D eigenvalue weighted by molar-refractivity contribution is 5.33. The molecule has 0 saturated carbocycles. The van der Waals surface area contributed by atoms with Gasteiger partial charge in [-0.3, -0.25) is 0 Å². The van der Waals surface area contributed by atoms with E-state index in [1.807, 2.05) is 31.2 Å². The molecular formula is C15H13F3. The Bertz CT molecular complexity index is 482. The fraction of sp³-hybridized carbons (Fsp3) is 0.200. The van der Waals surface area contributed by atoms with Crippen molar-refractivity contribution in [3.8, 4) is 12.3 Å². The molecule has 0 nitrogen and oxygen atoms in total. The molecule has 0 radical (unpaired) electrons. The van der Waals surface area contributed by atoms with Gasteiger partial charge in [-0.25, -0.2) is 0 Å². The maximum Gasteiger partial charge on any atom is 0.424 e. The Morgan fingerprint density at radius 2 is 1.89 bits per heavy atom. The zero-order chi connectivity index (χ0) is 13.6. The second-order valence-electron chi connectivity index (χ2n) is 3.84. The molecule has 0 spiro atoms. The van der Waals surface area contributed by atoms with Crippen LogP contribution in [0.2, 0.25) is 0 Å². The lowest BCUT2D eigenvalue weighted by Crippen LogP contribution is -2.09. The zero-order valence-electron chi connectivity index (χ0n) is 9.96. The monoisotopic (exact) mass is 250 g/mol. The molecule has 1 aromatic rings. The molecule has 0 unspecified atom stereocenters. The fourth-order valence-corrected chi connectivity index (χ4v) is 1.32. The summed E-state index contributed by atoms with van der Waals surface area (Å²) in [6.45, 7) is 1.98. The van der Waals surface area contributed by atoms with Crippen molar-refractivity contribution in [3.05, 3.63) is 59.2 Å². The minimum Gasteiger partial charge on any atom is -0.165 e. The van der Waals surface area contributed by atoms with E-state index in [-0.39, 0.29) is 0 Å². The van der Waals surface area contributed by atoms with Gasteiger partial charge < -0.3 is 0 Å². The van der Waals surface area contributed by atoms with Crippen LogP contribution in [-0.4, -0.2) is 6.18 Å². The third-order valence-electron chi connectivity index (χ3n) is 2.33. The van der Waals surface area contributed by atoms with Gasteiger partial charge in [-0.05, 0) is 25.0 Å². The molecule has 0 bridgehead atoms. The van der Waals surface area contributed by atoms with Crippen LogP contribution >= 0.6 is 0 Å². The Morgan fingerprint density at radius 3 is 2.39 bits per heavy atom. The highest BCUT2D eigenvalue weighted by Gasteiger charge is 2.31. The quantitative estimate of drug-likeness (QED) is 0.556. The van der Waals surface area contributed by atoms with Crippen molar-refractivity contribution in [2.24, 2.45) is 0 Å². The molecule has 0 fully saturated rings. The van der Waals surface area contributed by atoms with Crippen LogP contribution in [0.5, 0.6) is 0 Å². The molecular weight excluding hydrogens is 237 g/mol. The fourth-order valence-electron chi connectivity index (χ4n) is 1.32.